The number of hydrogen-bond acceptors (Lipinski definition) is 5. The van der Waals surface area contributed by atoms with Crippen LogP contribution in [0.2, 0.25) is 0 Å². The summed E-state index contributed by atoms with van der Waals surface area (Å²) >= 11 is 0.973. The molecule has 2 rings (SSSR count). The molecule has 1 N–H and O–H groups in total. The zero-order valence-corrected chi connectivity index (χ0v) is 10.8. The molecule has 0 unspecified atom stereocenters. The monoisotopic (exact) mass is 312 g/mol. The number of nitrogens with zero attached hydrogens (tertiary/aromatic N) is 3. The first-order valence-corrected chi connectivity index (χ1v) is 7.15. The number of aromatic nitrogens is 3. The van der Waals surface area contributed by atoms with Crippen LogP contribution in [-0.2, 0) is 16.6 Å². The molecule has 0 saturated heterocycles. The lowest BCUT2D eigenvalue weighted by molar-refractivity contribution is -0.142. The first-order chi connectivity index (χ1) is 8.76. The van der Waals surface area contributed by atoms with Crippen LogP contribution in [0.3, 0.4) is 0 Å². The lowest BCUT2D eigenvalue weighted by Crippen LogP contribution is -2.18. The Labute approximate surface area is 109 Å². The molecule has 2 aromatic rings. The average molecular weight is 312 g/mol. The summed E-state index contributed by atoms with van der Waals surface area (Å²) in [7, 11) is -3.85. The first-order valence-electron chi connectivity index (χ1n) is 4.79. The molecule has 0 fully saturated rings. The number of hydrogen-bond donors (Lipinski definition) is 1. The van der Waals surface area contributed by atoms with E-state index >= 15 is 0 Å². The Morgan fingerprint density at radius 1 is 1.42 bits per heavy atom. The Hall–Kier alpha value is -1.62. The summed E-state index contributed by atoms with van der Waals surface area (Å²) in [6.45, 7) is -1.33. The predicted octanol–water partition coefficient (Wildman–Crippen LogP) is 1.70. The quantitative estimate of drug-likeness (QED) is 0.932. The van der Waals surface area contributed by atoms with E-state index in [-0.39, 0.29) is 4.21 Å². The Morgan fingerprint density at radius 2 is 2.16 bits per heavy atom. The van der Waals surface area contributed by atoms with E-state index < -0.39 is 28.7 Å². The van der Waals surface area contributed by atoms with Crippen molar-refractivity contribution >= 4 is 27.3 Å². The van der Waals surface area contributed by atoms with E-state index in [2.05, 4.69) is 10.1 Å². The van der Waals surface area contributed by atoms with Gasteiger partial charge < -0.3 is 0 Å². The molecule has 6 nitrogen and oxygen atoms in total. The lowest BCUT2D eigenvalue weighted by atomic mass is 10.6. The van der Waals surface area contributed by atoms with Crippen molar-refractivity contribution < 1.29 is 21.6 Å². The van der Waals surface area contributed by atoms with Crippen LogP contribution < -0.4 is 4.72 Å². The van der Waals surface area contributed by atoms with Gasteiger partial charge in [0.15, 0.2) is 0 Å². The number of halogens is 3. The maximum atomic E-state index is 12.1. The highest BCUT2D eigenvalue weighted by molar-refractivity contribution is 7.94. The molecule has 0 spiro atoms. The van der Waals surface area contributed by atoms with Gasteiger partial charge in [-0.25, -0.2) is 17.8 Å². The highest BCUT2D eigenvalue weighted by Crippen LogP contribution is 2.19. The van der Waals surface area contributed by atoms with Crippen LogP contribution in [0.5, 0.6) is 0 Å². The molecule has 0 aliphatic heterocycles. The van der Waals surface area contributed by atoms with Gasteiger partial charge in [0.05, 0.1) is 0 Å². The van der Waals surface area contributed by atoms with Gasteiger partial charge in [0.1, 0.15) is 17.1 Å². The SMILES string of the molecule is O=S(=O)(Nc1ncn(CC(F)(F)F)n1)c1cccs1. The van der Waals surface area contributed by atoms with Crippen LogP contribution in [0.15, 0.2) is 28.0 Å². The average Bonchev–Trinajstić information content (AvgIpc) is 2.86. The van der Waals surface area contributed by atoms with E-state index in [9.17, 15) is 21.6 Å². The molecule has 11 heteroatoms. The molecule has 0 bridgehead atoms. The van der Waals surface area contributed by atoms with Crippen LogP contribution >= 0.6 is 11.3 Å². The van der Waals surface area contributed by atoms with E-state index in [1.54, 1.807) is 5.38 Å². The minimum atomic E-state index is -4.45. The molecule has 0 amide bonds. The van der Waals surface area contributed by atoms with Crippen molar-refractivity contribution in [2.45, 2.75) is 16.9 Å². The molecule has 2 heterocycles. The van der Waals surface area contributed by atoms with Crippen molar-refractivity contribution in [3.8, 4) is 0 Å². The van der Waals surface area contributed by atoms with Gasteiger partial charge in [-0.05, 0) is 11.4 Å². The van der Waals surface area contributed by atoms with Crippen molar-refractivity contribution in [3.05, 3.63) is 23.8 Å². The van der Waals surface area contributed by atoms with Gasteiger partial charge in [-0.1, -0.05) is 6.07 Å². The second-order valence-corrected chi connectivity index (χ2v) is 6.28. The summed E-state index contributed by atoms with van der Waals surface area (Å²) in [6.07, 6.45) is -3.64. The Balaban J connectivity index is 2.13. The number of thiophene rings is 1. The van der Waals surface area contributed by atoms with Gasteiger partial charge in [-0.3, -0.25) is 0 Å². The second-order valence-electron chi connectivity index (χ2n) is 3.42. The summed E-state index contributed by atoms with van der Waals surface area (Å²) in [5, 5.41) is 4.95. The molecule has 104 valence electrons. The van der Waals surface area contributed by atoms with E-state index in [1.807, 2.05) is 4.72 Å². The van der Waals surface area contributed by atoms with Crippen molar-refractivity contribution in [1.82, 2.24) is 14.8 Å². The van der Waals surface area contributed by atoms with E-state index in [0.29, 0.717) is 4.68 Å². The lowest BCUT2D eigenvalue weighted by Gasteiger charge is -2.04. The molecule has 0 radical (unpaired) electrons. The Bertz CT molecular complexity index is 648. The van der Waals surface area contributed by atoms with Crippen molar-refractivity contribution in [2.24, 2.45) is 0 Å². The van der Waals surface area contributed by atoms with Gasteiger partial charge in [0, 0.05) is 0 Å². The fourth-order valence-corrected chi connectivity index (χ4v) is 3.13. The molecule has 2 aromatic heterocycles. The Morgan fingerprint density at radius 3 is 2.74 bits per heavy atom. The standard InChI is InChI=1S/C8H7F3N4O2S2/c9-8(10,11)4-15-5-12-7(13-15)14-19(16,17)6-2-1-3-18-6/h1-3,5H,4H2,(H,13,14). The molecule has 0 saturated carbocycles. The largest absolute Gasteiger partial charge is 0.408 e. The van der Waals surface area contributed by atoms with Crippen LogP contribution in [0.1, 0.15) is 0 Å². The summed E-state index contributed by atoms with van der Waals surface area (Å²) in [6, 6.07) is 2.90. The maximum absolute atomic E-state index is 12.1. The second kappa shape index (κ2) is 4.81. The third kappa shape index (κ3) is 3.67. The van der Waals surface area contributed by atoms with Gasteiger partial charge in [-0.15, -0.1) is 16.4 Å². The van der Waals surface area contributed by atoms with Crippen LogP contribution in [0.4, 0.5) is 19.1 Å². The third-order valence-corrected chi connectivity index (χ3v) is 4.59. The van der Waals surface area contributed by atoms with Crippen molar-refractivity contribution in [1.29, 1.82) is 0 Å². The number of alkyl halides is 3. The number of rotatable bonds is 4. The Kier molecular flexibility index (Phi) is 3.49. The predicted molar refractivity (Wildman–Crippen MR) is 61.2 cm³/mol. The topological polar surface area (TPSA) is 76.9 Å². The van der Waals surface area contributed by atoms with Gasteiger partial charge in [-0.2, -0.15) is 18.2 Å². The highest BCUT2D eigenvalue weighted by Gasteiger charge is 2.29. The van der Waals surface area contributed by atoms with Crippen LogP contribution in [0.25, 0.3) is 0 Å². The number of nitrogens with one attached hydrogen (secondary N) is 1. The minimum Gasteiger partial charge on any atom is -0.245 e. The zero-order chi connectivity index (χ0) is 14.1. The fraction of sp³-hybridized carbons (Fsp3) is 0.250. The third-order valence-electron chi connectivity index (χ3n) is 1.86. The summed E-state index contributed by atoms with van der Waals surface area (Å²) in [4.78, 5) is 3.46. The summed E-state index contributed by atoms with van der Waals surface area (Å²) in [5.74, 6) is -0.405. The molecular formula is C8H7F3N4O2S2. The van der Waals surface area contributed by atoms with Crippen molar-refractivity contribution in [3.63, 3.8) is 0 Å². The highest BCUT2D eigenvalue weighted by atomic mass is 32.2. The van der Waals surface area contributed by atoms with Gasteiger partial charge in [0.25, 0.3) is 16.0 Å². The normalized spacial score (nSPS) is 12.6. The zero-order valence-electron chi connectivity index (χ0n) is 9.13. The van der Waals surface area contributed by atoms with E-state index in [4.69, 9.17) is 0 Å². The molecular weight excluding hydrogens is 305 g/mol. The van der Waals surface area contributed by atoms with Crippen LogP contribution in [-0.4, -0.2) is 29.4 Å². The molecule has 0 aliphatic carbocycles. The van der Waals surface area contributed by atoms with Gasteiger partial charge >= 0.3 is 6.18 Å². The summed E-state index contributed by atoms with van der Waals surface area (Å²) < 4.78 is 62.3. The fourth-order valence-electron chi connectivity index (χ4n) is 1.19. The molecule has 0 atom stereocenters. The van der Waals surface area contributed by atoms with E-state index in [0.717, 1.165) is 17.7 Å². The van der Waals surface area contributed by atoms with Crippen LogP contribution in [0, 0.1) is 0 Å². The molecule has 0 aromatic carbocycles. The van der Waals surface area contributed by atoms with E-state index in [1.165, 1.54) is 12.1 Å². The first kappa shape index (κ1) is 13.8. The van der Waals surface area contributed by atoms with Crippen molar-refractivity contribution in [2.75, 3.05) is 4.72 Å². The molecule has 0 aliphatic rings. The molecule has 19 heavy (non-hydrogen) atoms. The minimum absolute atomic E-state index is 0.0275. The smallest absolute Gasteiger partial charge is 0.245 e. The summed E-state index contributed by atoms with van der Waals surface area (Å²) in [5.41, 5.74) is 0. The van der Waals surface area contributed by atoms with Gasteiger partial charge in [0.2, 0.25) is 0 Å². The number of anilines is 1. The number of sulfonamides is 1. The maximum Gasteiger partial charge on any atom is 0.408 e.